The van der Waals surface area contributed by atoms with Crippen molar-refractivity contribution >= 4 is 61.7 Å². The molecule has 136 valence electrons. The summed E-state index contributed by atoms with van der Waals surface area (Å²) in [6.07, 6.45) is 0. The van der Waals surface area contributed by atoms with Gasteiger partial charge in [-0.1, -0.05) is 40.9 Å². The molecule has 0 N–H and O–H groups in total. The molecule has 2 saturated heterocycles. The van der Waals surface area contributed by atoms with E-state index in [1.165, 1.54) is 0 Å². The highest BCUT2D eigenvalue weighted by atomic mass is 35.5. The SMILES string of the molecule is Cc1ccc(N2C(=S)N(c3ccc(Cl)c(Cl)c3)[C@H]3CS(=O)(=O)C[C@H]32)cc1. The van der Waals surface area contributed by atoms with Crippen molar-refractivity contribution in [1.82, 2.24) is 0 Å². The molecule has 2 fully saturated rings. The number of halogens is 2. The van der Waals surface area contributed by atoms with Crippen LogP contribution >= 0.6 is 35.4 Å². The van der Waals surface area contributed by atoms with Gasteiger partial charge in [-0.2, -0.15) is 0 Å². The number of nitrogens with zero attached hydrogens (tertiary/aromatic N) is 2. The first-order chi connectivity index (χ1) is 12.3. The average Bonchev–Trinajstić information content (AvgIpc) is 3.00. The number of hydrogen-bond acceptors (Lipinski definition) is 3. The number of hydrogen-bond donors (Lipinski definition) is 0. The highest BCUT2D eigenvalue weighted by Gasteiger charge is 2.52. The lowest BCUT2D eigenvalue weighted by Crippen LogP contribution is -2.37. The van der Waals surface area contributed by atoms with Crippen LogP contribution in [-0.4, -0.2) is 37.1 Å². The van der Waals surface area contributed by atoms with Crippen molar-refractivity contribution in [2.45, 2.75) is 19.0 Å². The fourth-order valence-electron chi connectivity index (χ4n) is 3.65. The molecule has 8 heteroatoms. The zero-order chi connectivity index (χ0) is 18.6. The Hall–Kier alpha value is -1.34. The van der Waals surface area contributed by atoms with E-state index in [0.717, 1.165) is 16.9 Å². The van der Waals surface area contributed by atoms with Crippen molar-refractivity contribution in [2.75, 3.05) is 21.3 Å². The standard InChI is InChI=1S/C18H16Cl2N2O2S2/c1-11-2-4-12(5-3-11)21-16-9-26(23,24)10-17(16)22(18(21)25)13-6-7-14(19)15(20)8-13/h2-8,16-17H,9-10H2,1H3/t16-,17+/m1/s1. The van der Waals surface area contributed by atoms with Crippen LogP contribution in [0.5, 0.6) is 0 Å². The summed E-state index contributed by atoms with van der Waals surface area (Å²) in [5.74, 6) is 0.157. The van der Waals surface area contributed by atoms with Crippen LogP contribution in [0.2, 0.25) is 10.0 Å². The second kappa shape index (κ2) is 6.37. The van der Waals surface area contributed by atoms with Gasteiger partial charge in [0.15, 0.2) is 14.9 Å². The molecule has 2 aromatic carbocycles. The van der Waals surface area contributed by atoms with Crippen LogP contribution in [0.4, 0.5) is 11.4 Å². The highest BCUT2D eigenvalue weighted by molar-refractivity contribution is 7.91. The number of benzene rings is 2. The minimum Gasteiger partial charge on any atom is -0.312 e. The van der Waals surface area contributed by atoms with Crippen LogP contribution in [0.1, 0.15) is 5.56 Å². The molecule has 26 heavy (non-hydrogen) atoms. The van der Waals surface area contributed by atoms with E-state index in [2.05, 4.69) is 0 Å². The number of thiocarbonyl (C=S) groups is 1. The normalized spacial score (nSPS) is 24.2. The van der Waals surface area contributed by atoms with Crippen LogP contribution in [0.3, 0.4) is 0 Å². The maximum absolute atomic E-state index is 12.3. The van der Waals surface area contributed by atoms with Crippen LogP contribution in [0, 0.1) is 6.92 Å². The maximum Gasteiger partial charge on any atom is 0.181 e. The van der Waals surface area contributed by atoms with Gasteiger partial charge in [-0.15, -0.1) is 0 Å². The van der Waals surface area contributed by atoms with E-state index in [9.17, 15) is 8.42 Å². The molecule has 2 aliphatic rings. The van der Waals surface area contributed by atoms with Gasteiger partial charge in [-0.3, -0.25) is 0 Å². The van der Waals surface area contributed by atoms with Gasteiger partial charge in [0.1, 0.15) is 0 Å². The first kappa shape index (κ1) is 18.0. The van der Waals surface area contributed by atoms with Gasteiger partial charge in [-0.05, 0) is 49.5 Å². The van der Waals surface area contributed by atoms with Crippen molar-refractivity contribution in [3.05, 3.63) is 58.1 Å². The van der Waals surface area contributed by atoms with Crippen molar-refractivity contribution in [3.63, 3.8) is 0 Å². The third-order valence-electron chi connectivity index (χ3n) is 4.86. The Balaban J connectivity index is 1.81. The van der Waals surface area contributed by atoms with Gasteiger partial charge >= 0.3 is 0 Å². The summed E-state index contributed by atoms with van der Waals surface area (Å²) in [6, 6.07) is 12.7. The molecule has 0 saturated carbocycles. The number of aryl methyl sites for hydroxylation is 1. The number of anilines is 2. The fourth-order valence-corrected chi connectivity index (χ4v) is 6.34. The van der Waals surface area contributed by atoms with E-state index >= 15 is 0 Å². The Kier molecular flexibility index (Phi) is 4.42. The van der Waals surface area contributed by atoms with Gasteiger partial charge in [0.05, 0.1) is 33.6 Å². The Labute approximate surface area is 168 Å². The number of fused-ring (bicyclic) bond motifs is 1. The largest absolute Gasteiger partial charge is 0.312 e. The molecule has 0 spiro atoms. The molecule has 2 aliphatic heterocycles. The van der Waals surface area contributed by atoms with E-state index in [0.29, 0.717) is 15.2 Å². The molecule has 0 bridgehead atoms. The summed E-state index contributed by atoms with van der Waals surface area (Å²) in [5, 5.41) is 1.45. The Bertz CT molecular complexity index is 993. The van der Waals surface area contributed by atoms with Crippen LogP contribution < -0.4 is 9.80 Å². The molecule has 0 unspecified atom stereocenters. The van der Waals surface area contributed by atoms with E-state index in [-0.39, 0.29) is 23.6 Å². The summed E-state index contributed by atoms with van der Waals surface area (Å²) in [7, 11) is -3.14. The minimum absolute atomic E-state index is 0.0699. The first-order valence-corrected chi connectivity index (χ1v) is 11.1. The molecule has 4 rings (SSSR count). The highest BCUT2D eigenvalue weighted by Crippen LogP contribution is 2.39. The number of rotatable bonds is 2. The Morgan fingerprint density at radius 3 is 2.04 bits per heavy atom. The van der Waals surface area contributed by atoms with Gasteiger partial charge in [0, 0.05) is 11.4 Å². The lowest BCUT2D eigenvalue weighted by Gasteiger charge is -2.26. The van der Waals surface area contributed by atoms with Gasteiger partial charge in [0.25, 0.3) is 0 Å². The van der Waals surface area contributed by atoms with E-state index in [1.54, 1.807) is 12.1 Å². The lowest BCUT2D eigenvalue weighted by molar-refractivity contribution is 0.601. The predicted molar refractivity (Wildman–Crippen MR) is 111 cm³/mol. The molecule has 2 aromatic rings. The smallest absolute Gasteiger partial charge is 0.181 e. The third kappa shape index (κ3) is 2.99. The molecule has 4 nitrogen and oxygen atoms in total. The van der Waals surface area contributed by atoms with Crippen molar-refractivity contribution in [3.8, 4) is 0 Å². The predicted octanol–water partition coefficient (Wildman–Crippen LogP) is 4.08. The molecule has 2 atom stereocenters. The van der Waals surface area contributed by atoms with Gasteiger partial charge in [-0.25, -0.2) is 8.42 Å². The first-order valence-electron chi connectivity index (χ1n) is 8.11. The zero-order valence-corrected chi connectivity index (χ0v) is 17.0. The monoisotopic (exact) mass is 426 g/mol. The molecular formula is C18H16Cl2N2O2S2. The third-order valence-corrected chi connectivity index (χ3v) is 7.69. The summed E-state index contributed by atoms with van der Waals surface area (Å²) < 4.78 is 24.7. The van der Waals surface area contributed by atoms with Crippen LogP contribution in [0.15, 0.2) is 42.5 Å². The quantitative estimate of drug-likeness (QED) is 0.676. The van der Waals surface area contributed by atoms with Crippen LogP contribution in [0.25, 0.3) is 0 Å². The average molecular weight is 427 g/mol. The van der Waals surface area contributed by atoms with Gasteiger partial charge in [0.2, 0.25) is 0 Å². The summed E-state index contributed by atoms with van der Waals surface area (Å²) in [5.41, 5.74) is 2.79. The Morgan fingerprint density at radius 2 is 1.46 bits per heavy atom. The summed E-state index contributed by atoms with van der Waals surface area (Å²) in [6.45, 7) is 2.01. The Morgan fingerprint density at radius 1 is 0.923 bits per heavy atom. The zero-order valence-electron chi connectivity index (χ0n) is 13.9. The van der Waals surface area contributed by atoms with E-state index in [4.69, 9.17) is 35.4 Å². The van der Waals surface area contributed by atoms with Crippen molar-refractivity contribution in [1.29, 1.82) is 0 Å². The van der Waals surface area contributed by atoms with E-state index in [1.807, 2.05) is 47.1 Å². The summed E-state index contributed by atoms with van der Waals surface area (Å²) >= 11 is 18.0. The summed E-state index contributed by atoms with van der Waals surface area (Å²) in [4.78, 5) is 3.85. The molecule has 2 heterocycles. The number of sulfone groups is 1. The molecule has 0 amide bonds. The van der Waals surface area contributed by atoms with Crippen molar-refractivity contribution < 1.29 is 8.42 Å². The second-order valence-corrected chi connectivity index (χ2v) is 10.0. The maximum atomic E-state index is 12.3. The molecule has 0 aliphatic carbocycles. The molecule has 0 aromatic heterocycles. The van der Waals surface area contributed by atoms with E-state index < -0.39 is 9.84 Å². The molecular weight excluding hydrogens is 411 g/mol. The lowest BCUT2D eigenvalue weighted by atomic mass is 10.1. The molecule has 0 radical (unpaired) electrons. The minimum atomic E-state index is -3.14. The van der Waals surface area contributed by atoms with Crippen molar-refractivity contribution in [2.24, 2.45) is 0 Å². The van der Waals surface area contributed by atoms with Gasteiger partial charge < -0.3 is 9.80 Å². The second-order valence-electron chi connectivity index (χ2n) is 6.67. The fraction of sp³-hybridized carbons (Fsp3) is 0.278. The topological polar surface area (TPSA) is 40.6 Å². The van der Waals surface area contributed by atoms with Crippen LogP contribution in [-0.2, 0) is 9.84 Å².